The van der Waals surface area contributed by atoms with Crippen molar-refractivity contribution in [1.29, 1.82) is 0 Å². The Morgan fingerprint density at radius 2 is 2.04 bits per heavy atom. The number of rotatable bonds is 5. The molecule has 142 valence electrons. The van der Waals surface area contributed by atoms with Crippen LogP contribution in [0.25, 0.3) is 0 Å². The molecule has 0 amide bonds. The van der Waals surface area contributed by atoms with Crippen molar-refractivity contribution in [1.82, 2.24) is 0 Å². The van der Waals surface area contributed by atoms with Gasteiger partial charge in [-0.25, -0.2) is 0 Å². The highest BCUT2D eigenvalue weighted by Crippen LogP contribution is 2.31. The van der Waals surface area contributed by atoms with Crippen LogP contribution in [0.3, 0.4) is 0 Å². The van der Waals surface area contributed by atoms with Crippen LogP contribution in [-0.4, -0.2) is 23.3 Å². The van der Waals surface area contributed by atoms with Gasteiger partial charge in [-0.1, -0.05) is 30.2 Å². The SMILES string of the molecule is CC(=O)O[C@H]1/C=C(\C)[C@@H](O)C/C=C(\C)CC[C@H]1[C@H](C)CCC=C(C)C. The van der Waals surface area contributed by atoms with Crippen LogP contribution in [0.5, 0.6) is 0 Å². The first kappa shape index (κ1) is 21.7. The maximum atomic E-state index is 11.7. The molecule has 1 N–H and O–H groups in total. The minimum atomic E-state index is -0.507. The predicted octanol–water partition coefficient (Wildman–Crippen LogP) is 5.35. The first-order chi connectivity index (χ1) is 11.7. The summed E-state index contributed by atoms with van der Waals surface area (Å²) in [4.78, 5) is 11.7. The molecule has 0 heterocycles. The molecule has 3 heteroatoms. The first-order valence-electron chi connectivity index (χ1n) is 9.53. The number of esters is 1. The first-order valence-corrected chi connectivity index (χ1v) is 9.53. The molecule has 0 aromatic heterocycles. The molecule has 0 aromatic rings. The molecule has 0 saturated carbocycles. The normalized spacial score (nSPS) is 30.3. The zero-order chi connectivity index (χ0) is 19.0. The average Bonchev–Trinajstić information content (AvgIpc) is 2.50. The van der Waals surface area contributed by atoms with E-state index in [9.17, 15) is 9.90 Å². The van der Waals surface area contributed by atoms with Crippen molar-refractivity contribution in [3.63, 3.8) is 0 Å². The van der Waals surface area contributed by atoms with Gasteiger partial charge in [-0.15, -0.1) is 0 Å². The molecule has 1 aliphatic carbocycles. The van der Waals surface area contributed by atoms with Crippen molar-refractivity contribution in [2.45, 2.75) is 85.9 Å². The standard InChI is InChI=1S/C22H36O3/c1-15(2)8-7-9-17(4)20-12-10-16(3)11-13-21(24)18(5)14-22(20)25-19(6)23/h8,11,14,17,20-22,24H,7,9-10,12-13H2,1-6H3/b16-11+,18-14+/t17-,20+,21+,22+/m1/s1. The third kappa shape index (κ3) is 8.04. The fourth-order valence-corrected chi connectivity index (χ4v) is 3.42. The highest BCUT2D eigenvalue weighted by Gasteiger charge is 2.28. The van der Waals surface area contributed by atoms with E-state index in [2.05, 4.69) is 39.8 Å². The Kier molecular flexibility index (Phi) is 9.20. The summed E-state index contributed by atoms with van der Waals surface area (Å²) in [5.74, 6) is 0.445. The van der Waals surface area contributed by atoms with Crippen LogP contribution in [0, 0.1) is 11.8 Å². The lowest BCUT2D eigenvalue weighted by atomic mass is 9.80. The van der Waals surface area contributed by atoms with E-state index in [4.69, 9.17) is 4.74 Å². The molecule has 0 unspecified atom stereocenters. The van der Waals surface area contributed by atoms with Gasteiger partial charge < -0.3 is 9.84 Å². The summed E-state index contributed by atoms with van der Waals surface area (Å²) in [6.45, 7) is 12.0. The molecule has 0 aromatic carbocycles. The van der Waals surface area contributed by atoms with Gasteiger partial charge in [-0.3, -0.25) is 4.79 Å². The summed E-state index contributed by atoms with van der Waals surface area (Å²) in [7, 11) is 0. The Bertz CT molecular complexity index is 523. The van der Waals surface area contributed by atoms with Crippen LogP contribution in [0.4, 0.5) is 0 Å². The molecule has 3 nitrogen and oxygen atoms in total. The Labute approximate surface area is 153 Å². The van der Waals surface area contributed by atoms with Crippen molar-refractivity contribution in [3.8, 4) is 0 Å². The van der Waals surface area contributed by atoms with E-state index < -0.39 is 6.10 Å². The van der Waals surface area contributed by atoms with Gasteiger partial charge in [0.05, 0.1) is 6.10 Å². The quantitative estimate of drug-likeness (QED) is 0.538. The number of allylic oxidation sites excluding steroid dienone is 3. The van der Waals surface area contributed by atoms with Crippen molar-refractivity contribution < 1.29 is 14.6 Å². The highest BCUT2D eigenvalue weighted by atomic mass is 16.5. The number of carbonyl (C=O) groups is 1. The van der Waals surface area contributed by atoms with Crippen LogP contribution in [0.15, 0.2) is 34.9 Å². The fraction of sp³-hybridized carbons (Fsp3) is 0.682. The third-order valence-corrected chi connectivity index (χ3v) is 5.14. The van der Waals surface area contributed by atoms with E-state index in [1.165, 1.54) is 18.1 Å². The van der Waals surface area contributed by atoms with Crippen molar-refractivity contribution >= 4 is 5.97 Å². The molecular weight excluding hydrogens is 312 g/mol. The highest BCUT2D eigenvalue weighted by molar-refractivity contribution is 5.66. The van der Waals surface area contributed by atoms with Gasteiger partial charge in [-0.05, 0) is 77.4 Å². The van der Waals surface area contributed by atoms with E-state index in [1.807, 2.05) is 13.0 Å². The summed E-state index contributed by atoms with van der Waals surface area (Å²) in [6, 6.07) is 0. The zero-order valence-corrected chi connectivity index (χ0v) is 16.8. The third-order valence-electron chi connectivity index (χ3n) is 5.14. The van der Waals surface area contributed by atoms with E-state index in [1.54, 1.807) is 0 Å². The molecule has 0 aliphatic heterocycles. The van der Waals surface area contributed by atoms with E-state index in [0.717, 1.165) is 31.3 Å². The molecule has 0 bridgehead atoms. The largest absolute Gasteiger partial charge is 0.458 e. The zero-order valence-electron chi connectivity index (χ0n) is 16.8. The monoisotopic (exact) mass is 348 g/mol. The van der Waals surface area contributed by atoms with Crippen molar-refractivity contribution in [3.05, 3.63) is 34.9 Å². The molecule has 0 fully saturated rings. The summed E-state index contributed by atoms with van der Waals surface area (Å²) >= 11 is 0. The topological polar surface area (TPSA) is 46.5 Å². The van der Waals surface area contributed by atoms with Gasteiger partial charge in [0.1, 0.15) is 6.10 Å². The van der Waals surface area contributed by atoms with Crippen LogP contribution in [0.2, 0.25) is 0 Å². The lowest BCUT2D eigenvalue weighted by molar-refractivity contribution is -0.147. The lowest BCUT2D eigenvalue weighted by Gasteiger charge is -2.31. The second-order valence-corrected chi connectivity index (χ2v) is 7.83. The van der Waals surface area contributed by atoms with Gasteiger partial charge in [0.2, 0.25) is 0 Å². The molecule has 0 spiro atoms. The second kappa shape index (κ2) is 10.6. The molecule has 25 heavy (non-hydrogen) atoms. The second-order valence-electron chi connectivity index (χ2n) is 7.83. The number of hydrogen-bond donors (Lipinski definition) is 1. The molecule has 4 atom stereocenters. The Morgan fingerprint density at radius 1 is 1.36 bits per heavy atom. The number of aliphatic hydroxyl groups excluding tert-OH is 1. The molecular formula is C22H36O3. The molecule has 1 rings (SSSR count). The predicted molar refractivity (Wildman–Crippen MR) is 104 cm³/mol. The number of ether oxygens (including phenoxy) is 1. The van der Waals surface area contributed by atoms with Crippen LogP contribution < -0.4 is 0 Å². The maximum Gasteiger partial charge on any atom is 0.303 e. The van der Waals surface area contributed by atoms with Gasteiger partial charge in [0, 0.05) is 12.8 Å². The van der Waals surface area contributed by atoms with Gasteiger partial charge in [-0.2, -0.15) is 0 Å². The summed E-state index contributed by atoms with van der Waals surface area (Å²) in [6.07, 6.45) is 10.3. The lowest BCUT2D eigenvalue weighted by Crippen LogP contribution is -2.31. The van der Waals surface area contributed by atoms with Crippen molar-refractivity contribution in [2.24, 2.45) is 11.8 Å². The van der Waals surface area contributed by atoms with Gasteiger partial charge in [0.25, 0.3) is 0 Å². The number of aliphatic hydroxyl groups is 1. The Hall–Kier alpha value is -1.35. The summed E-state index contributed by atoms with van der Waals surface area (Å²) < 4.78 is 5.68. The van der Waals surface area contributed by atoms with Crippen LogP contribution in [0.1, 0.15) is 73.6 Å². The van der Waals surface area contributed by atoms with E-state index >= 15 is 0 Å². The summed E-state index contributed by atoms with van der Waals surface area (Å²) in [5.41, 5.74) is 3.53. The van der Waals surface area contributed by atoms with Gasteiger partial charge in [0.15, 0.2) is 0 Å². The van der Waals surface area contributed by atoms with E-state index in [-0.39, 0.29) is 18.0 Å². The van der Waals surface area contributed by atoms with Crippen LogP contribution in [-0.2, 0) is 9.53 Å². The van der Waals surface area contributed by atoms with Gasteiger partial charge >= 0.3 is 5.97 Å². The maximum absolute atomic E-state index is 11.7. The molecule has 0 saturated heterocycles. The number of hydrogen-bond acceptors (Lipinski definition) is 3. The van der Waals surface area contributed by atoms with E-state index in [0.29, 0.717) is 12.3 Å². The fourth-order valence-electron chi connectivity index (χ4n) is 3.42. The Balaban J connectivity index is 3.05. The van der Waals surface area contributed by atoms with Crippen LogP contribution >= 0.6 is 0 Å². The number of carbonyl (C=O) groups excluding carboxylic acids is 1. The Morgan fingerprint density at radius 3 is 2.64 bits per heavy atom. The molecule has 1 aliphatic rings. The minimum absolute atomic E-state index is 0.255. The minimum Gasteiger partial charge on any atom is -0.458 e. The molecule has 0 radical (unpaired) electrons. The average molecular weight is 349 g/mol. The smallest absolute Gasteiger partial charge is 0.303 e. The summed E-state index contributed by atoms with van der Waals surface area (Å²) in [5, 5.41) is 10.3. The van der Waals surface area contributed by atoms with Crippen molar-refractivity contribution in [2.75, 3.05) is 0 Å².